The lowest BCUT2D eigenvalue weighted by molar-refractivity contribution is -0.127. The van der Waals surface area contributed by atoms with Gasteiger partial charge >= 0.3 is 0 Å². The molecule has 9 heavy (non-hydrogen) atoms. The summed E-state index contributed by atoms with van der Waals surface area (Å²) in [6.45, 7) is 0. The van der Waals surface area contributed by atoms with Gasteiger partial charge in [-0.1, -0.05) is 0 Å². The normalized spacial score (nSPS) is 25.1. The van der Waals surface area contributed by atoms with E-state index in [-0.39, 0.29) is 5.91 Å². The molecule has 0 bridgehead atoms. The summed E-state index contributed by atoms with van der Waals surface area (Å²) in [5.41, 5.74) is 4.97. The van der Waals surface area contributed by atoms with E-state index in [2.05, 4.69) is 0 Å². The van der Waals surface area contributed by atoms with Crippen LogP contribution in [0.1, 0.15) is 12.8 Å². The van der Waals surface area contributed by atoms with Gasteiger partial charge in [-0.15, -0.1) is 0 Å². The summed E-state index contributed by atoms with van der Waals surface area (Å²) in [6, 6.07) is 0. The summed E-state index contributed by atoms with van der Waals surface area (Å²) in [5.74, 6) is -0.376. The predicted octanol–water partition coefficient (Wildman–Crippen LogP) is 0.164. The number of primary amides is 1. The molecule has 3 heteroatoms. The molecule has 0 aliphatic carbocycles. The van der Waals surface area contributed by atoms with Gasteiger partial charge in [0.15, 0.2) is 6.10 Å². The van der Waals surface area contributed by atoms with Gasteiger partial charge < -0.3 is 10.5 Å². The Morgan fingerprint density at radius 3 is 2.89 bits per heavy atom. The molecule has 1 aliphatic rings. The molecule has 1 heterocycles. The minimum atomic E-state index is -0.394. The van der Waals surface area contributed by atoms with Gasteiger partial charge in [-0.2, -0.15) is 0 Å². The molecule has 0 saturated heterocycles. The van der Waals surface area contributed by atoms with E-state index >= 15 is 0 Å². The minimum Gasteiger partial charge on any atom is -0.489 e. The number of allylic oxidation sites excluding steroid dienone is 1. The third kappa shape index (κ3) is 1.45. The summed E-state index contributed by atoms with van der Waals surface area (Å²) in [4.78, 5) is 10.4. The van der Waals surface area contributed by atoms with Crippen molar-refractivity contribution in [1.29, 1.82) is 0 Å². The molecule has 1 rings (SSSR count). The molecule has 2 N–H and O–H groups in total. The van der Waals surface area contributed by atoms with E-state index in [1.165, 1.54) is 6.26 Å². The highest BCUT2D eigenvalue weighted by Crippen LogP contribution is 2.08. The van der Waals surface area contributed by atoms with E-state index in [1.54, 1.807) is 0 Å². The highest BCUT2D eigenvalue weighted by molar-refractivity contribution is 5.78. The van der Waals surface area contributed by atoms with E-state index in [0.717, 1.165) is 6.42 Å². The van der Waals surface area contributed by atoms with Crippen LogP contribution < -0.4 is 5.73 Å². The molecular weight excluding hydrogens is 118 g/mol. The Hall–Kier alpha value is -0.990. The first-order valence-electron chi connectivity index (χ1n) is 2.90. The van der Waals surface area contributed by atoms with Crippen LogP contribution in [0.2, 0.25) is 0 Å². The summed E-state index contributed by atoms with van der Waals surface area (Å²) in [6.07, 6.45) is 4.60. The molecule has 0 saturated carbocycles. The second-order valence-electron chi connectivity index (χ2n) is 1.98. The monoisotopic (exact) mass is 127 g/mol. The van der Waals surface area contributed by atoms with Crippen molar-refractivity contribution in [2.24, 2.45) is 5.73 Å². The fourth-order valence-corrected chi connectivity index (χ4v) is 0.743. The zero-order chi connectivity index (χ0) is 6.69. The fourth-order valence-electron chi connectivity index (χ4n) is 0.743. The van der Waals surface area contributed by atoms with Crippen LogP contribution in [0.3, 0.4) is 0 Å². The molecule has 50 valence electrons. The smallest absolute Gasteiger partial charge is 0.258 e. The molecule has 0 aromatic carbocycles. The van der Waals surface area contributed by atoms with Crippen molar-refractivity contribution in [2.75, 3.05) is 0 Å². The van der Waals surface area contributed by atoms with Crippen molar-refractivity contribution in [3.05, 3.63) is 12.3 Å². The topological polar surface area (TPSA) is 52.3 Å². The SMILES string of the molecule is NC(=O)C1CCC=CO1. The van der Waals surface area contributed by atoms with Crippen molar-refractivity contribution >= 4 is 5.91 Å². The van der Waals surface area contributed by atoms with Crippen molar-refractivity contribution in [1.82, 2.24) is 0 Å². The molecule has 0 spiro atoms. The number of hydrogen-bond donors (Lipinski definition) is 1. The average molecular weight is 127 g/mol. The Kier molecular flexibility index (Phi) is 1.72. The quantitative estimate of drug-likeness (QED) is 0.545. The van der Waals surface area contributed by atoms with E-state index in [4.69, 9.17) is 10.5 Å². The lowest BCUT2D eigenvalue weighted by atomic mass is 10.1. The van der Waals surface area contributed by atoms with Gasteiger partial charge in [-0.05, 0) is 18.9 Å². The van der Waals surface area contributed by atoms with Crippen molar-refractivity contribution in [2.45, 2.75) is 18.9 Å². The Labute approximate surface area is 53.5 Å². The van der Waals surface area contributed by atoms with Crippen molar-refractivity contribution in [3.8, 4) is 0 Å². The summed E-state index contributed by atoms with van der Waals surface area (Å²) >= 11 is 0. The second kappa shape index (κ2) is 2.53. The average Bonchev–Trinajstić information content (AvgIpc) is 1.90. The minimum absolute atomic E-state index is 0.376. The Morgan fingerprint density at radius 2 is 2.56 bits per heavy atom. The van der Waals surface area contributed by atoms with Crippen molar-refractivity contribution in [3.63, 3.8) is 0 Å². The molecular formula is C6H9NO2. The molecule has 3 nitrogen and oxygen atoms in total. The molecule has 1 amide bonds. The standard InChI is InChI=1S/C6H9NO2/c7-6(8)5-3-1-2-4-9-5/h2,4-5H,1,3H2,(H2,7,8). The van der Waals surface area contributed by atoms with Crippen LogP contribution in [0, 0.1) is 0 Å². The zero-order valence-corrected chi connectivity index (χ0v) is 5.04. The molecule has 0 aromatic heterocycles. The van der Waals surface area contributed by atoms with Gasteiger partial charge in [0.25, 0.3) is 5.91 Å². The van der Waals surface area contributed by atoms with Gasteiger partial charge in [-0.25, -0.2) is 0 Å². The van der Waals surface area contributed by atoms with E-state index in [1.807, 2.05) is 6.08 Å². The predicted molar refractivity (Wildman–Crippen MR) is 32.4 cm³/mol. The third-order valence-corrected chi connectivity index (χ3v) is 1.25. The highest BCUT2D eigenvalue weighted by Gasteiger charge is 2.15. The Balaban J connectivity index is 2.44. The maximum absolute atomic E-state index is 10.4. The van der Waals surface area contributed by atoms with Crippen LogP contribution in [0.15, 0.2) is 12.3 Å². The van der Waals surface area contributed by atoms with Crippen molar-refractivity contribution < 1.29 is 9.53 Å². The van der Waals surface area contributed by atoms with Gasteiger partial charge in [0.05, 0.1) is 6.26 Å². The maximum Gasteiger partial charge on any atom is 0.258 e. The number of amides is 1. The lowest BCUT2D eigenvalue weighted by Gasteiger charge is -2.14. The molecule has 1 unspecified atom stereocenters. The van der Waals surface area contributed by atoms with Gasteiger partial charge in [0.2, 0.25) is 0 Å². The van der Waals surface area contributed by atoms with E-state index in [0.29, 0.717) is 6.42 Å². The van der Waals surface area contributed by atoms with E-state index in [9.17, 15) is 4.79 Å². The maximum atomic E-state index is 10.4. The molecule has 0 aromatic rings. The van der Waals surface area contributed by atoms with Crippen LogP contribution in [-0.2, 0) is 9.53 Å². The van der Waals surface area contributed by atoms with Crippen LogP contribution >= 0.6 is 0 Å². The zero-order valence-electron chi connectivity index (χ0n) is 5.04. The molecule has 0 fully saturated rings. The van der Waals surface area contributed by atoms with Gasteiger partial charge in [0, 0.05) is 0 Å². The number of nitrogens with two attached hydrogens (primary N) is 1. The number of carbonyl (C=O) groups excluding carboxylic acids is 1. The highest BCUT2D eigenvalue weighted by atomic mass is 16.5. The molecule has 1 aliphatic heterocycles. The molecule has 1 atom stereocenters. The Bertz CT molecular complexity index is 142. The summed E-state index contributed by atoms with van der Waals surface area (Å²) < 4.78 is 4.88. The third-order valence-electron chi connectivity index (χ3n) is 1.25. The molecule has 0 radical (unpaired) electrons. The second-order valence-corrected chi connectivity index (χ2v) is 1.98. The van der Waals surface area contributed by atoms with Gasteiger partial charge in [0.1, 0.15) is 0 Å². The first-order chi connectivity index (χ1) is 4.30. The van der Waals surface area contributed by atoms with Crippen LogP contribution in [0.5, 0.6) is 0 Å². The van der Waals surface area contributed by atoms with Crippen LogP contribution in [0.4, 0.5) is 0 Å². The first-order valence-corrected chi connectivity index (χ1v) is 2.90. The lowest BCUT2D eigenvalue weighted by Crippen LogP contribution is -2.30. The largest absolute Gasteiger partial charge is 0.489 e. The summed E-state index contributed by atoms with van der Waals surface area (Å²) in [5, 5.41) is 0. The Morgan fingerprint density at radius 1 is 1.78 bits per heavy atom. The van der Waals surface area contributed by atoms with E-state index < -0.39 is 6.10 Å². The first kappa shape index (κ1) is 6.13. The summed E-state index contributed by atoms with van der Waals surface area (Å²) in [7, 11) is 0. The number of ether oxygens (including phenoxy) is 1. The number of hydrogen-bond acceptors (Lipinski definition) is 2. The van der Waals surface area contributed by atoms with Crippen LogP contribution in [0.25, 0.3) is 0 Å². The van der Waals surface area contributed by atoms with Gasteiger partial charge in [-0.3, -0.25) is 4.79 Å². The van der Waals surface area contributed by atoms with Crippen LogP contribution in [-0.4, -0.2) is 12.0 Å². The fraction of sp³-hybridized carbons (Fsp3) is 0.500. The number of carbonyl (C=O) groups is 1. The number of rotatable bonds is 1.